The summed E-state index contributed by atoms with van der Waals surface area (Å²) in [6.45, 7) is 3.04. The van der Waals surface area contributed by atoms with Gasteiger partial charge in [-0.3, -0.25) is 4.68 Å². The molecule has 0 amide bonds. The Labute approximate surface area is 108 Å². The molecule has 0 aromatic carbocycles. The van der Waals surface area contributed by atoms with Crippen molar-refractivity contribution in [3.05, 3.63) is 12.2 Å². The van der Waals surface area contributed by atoms with Gasteiger partial charge in [0.05, 0.1) is 6.10 Å². The molecule has 18 heavy (non-hydrogen) atoms. The number of aliphatic hydroxyl groups excluding tert-OH is 1. The Morgan fingerprint density at radius 3 is 2.78 bits per heavy atom. The zero-order chi connectivity index (χ0) is 12.5. The van der Waals surface area contributed by atoms with Crippen LogP contribution in [-0.4, -0.2) is 26.0 Å². The number of nitrogens with zero attached hydrogens (tertiary/aromatic N) is 3. The predicted octanol–water partition coefficient (Wildman–Crippen LogP) is 2.03. The molecular formula is C14H23N3O. The van der Waals surface area contributed by atoms with Crippen molar-refractivity contribution in [2.75, 3.05) is 0 Å². The van der Waals surface area contributed by atoms with Crippen molar-refractivity contribution in [1.82, 2.24) is 14.8 Å². The van der Waals surface area contributed by atoms with Gasteiger partial charge in [0.1, 0.15) is 12.2 Å². The lowest BCUT2D eigenvalue weighted by Crippen LogP contribution is -2.19. The van der Waals surface area contributed by atoms with E-state index in [2.05, 4.69) is 17.0 Å². The fourth-order valence-corrected chi connectivity index (χ4v) is 3.79. The average molecular weight is 249 g/mol. The lowest BCUT2D eigenvalue weighted by atomic mass is 10.0. The summed E-state index contributed by atoms with van der Waals surface area (Å²) in [7, 11) is 0. The van der Waals surface area contributed by atoms with Crippen LogP contribution in [0.1, 0.15) is 44.9 Å². The zero-order valence-corrected chi connectivity index (χ0v) is 11.1. The lowest BCUT2D eigenvalue weighted by Gasteiger charge is -2.10. The van der Waals surface area contributed by atoms with E-state index in [1.54, 1.807) is 6.33 Å². The van der Waals surface area contributed by atoms with E-state index in [-0.39, 0.29) is 6.10 Å². The van der Waals surface area contributed by atoms with Crippen LogP contribution in [0, 0.1) is 17.8 Å². The van der Waals surface area contributed by atoms with Gasteiger partial charge in [0.15, 0.2) is 0 Å². The molecule has 2 fully saturated rings. The second-order valence-electron chi connectivity index (χ2n) is 5.86. The van der Waals surface area contributed by atoms with Crippen LogP contribution in [0.3, 0.4) is 0 Å². The zero-order valence-electron chi connectivity index (χ0n) is 11.1. The van der Waals surface area contributed by atoms with Crippen molar-refractivity contribution in [3.8, 4) is 0 Å². The SMILES string of the molecule is CCCn1ncnc1CC(O)C1C2CCCCC21. The fourth-order valence-electron chi connectivity index (χ4n) is 3.79. The summed E-state index contributed by atoms with van der Waals surface area (Å²) in [6, 6.07) is 0. The Hall–Kier alpha value is -0.900. The van der Waals surface area contributed by atoms with Crippen LogP contribution in [0.15, 0.2) is 6.33 Å². The number of hydrogen-bond donors (Lipinski definition) is 1. The molecule has 2 saturated carbocycles. The maximum Gasteiger partial charge on any atom is 0.138 e. The summed E-state index contributed by atoms with van der Waals surface area (Å²) in [5.41, 5.74) is 0. The molecule has 0 aliphatic heterocycles. The highest BCUT2D eigenvalue weighted by Crippen LogP contribution is 2.57. The molecule has 0 spiro atoms. The van der Waals surface area contributed by atoms with Gasteiger partial charge >= 0.3 is 0 Å². The van der Waals surface area contributed by atoms with Crippen LogP contribution < -0.4 is 0 Å². The molecular weight excluding hydrogens is 226 g/mol. The number of aryl methyl sites for hydroxylation is 1. The topological polar surface area (TPSA) is 50.9 Å². The average Bonchev–Trinajstić information content (AvgIpc) is 2.97. The summed E-state index contributed by atoms with van der Waals surface area (Å²) in [5.74, 6) is 3.10. The molecule has 100 valence electrons. The molecule has 4 nitrogen and oxygen atoms in total. The second kappa shape index (κ2) is 5.00. The van der Waals surface area contributed by atoms with Gasteiger partial charge in [-0.2, -0.15) is 5.10 Å². The smallest absolute Gasteiger partial charge is 0.138 e. The first-order valence-electron chi connectivity index (χ1n) is 7.36. The van der Waals surface area contributed by atoms with Crippen molar-refractivity contribution in [2.24, 2.45) is 17.8 Å². The first-order chi connectivity index (χ1) is 8.81. The summed E-state index contributed by atoms with van der Waals surface area (Å²) >= 11 is 0. The van der Waals surface area contributed by atoms with Gasteiger partial charge < -0.3 is 5.11 Å². The van der Waals surface area contributed by atoms with Crippen LogP contribution in [0.2, 0.25) is 0 Å². The van der Waals surface area contributed by atoms with Gasteiger partial charge in [-0.1, -0.05) is 19.8 Å². The minimum Gasteiger partial charge on any atom is -0.392 e. The first-order valence-corrected chi connectivity index (χ1v) is 7.36. The van der Waals surface area contributed by atoms with Crippen LogP contribution in [0.5, 0.6) is 0 Å². The number of aliphatic hydroxyl groups is 1. The Balaban J connectivity index is 1.60. The Kier molecular flexibility index (Phi) is 3.37. The molecule has 1 heterocycles. The van der Waals surface area contributed by atoms with E-state index >= 15 is 0 Å². The fraction of sp³-hybridized carbons (Fsp3) is 0.857. The number of rotatable bonds is 5. The quantitative estimate of drug-likeness (QED) is 0.868. The van der Waals surface area contributed by atoms with Crippen molar-refractivity contribution >= 4 is 0 Å². The molecule has 0 radical (unpaired) electrons. The largest absolute Gasteiger partial charge is 0.392 e. The number of aromatic nitrogens is 3. The maximum atomic E-state index is 10.4. The minimum atomic E-state index is -0.210. The number of fused-ring (bicyclic) bond motifs is 1. The van der Waals surface area contributed by atoms with E-state index in [0.29, 0.717) is 12.3 Å². The van der Waals surface area contributed by atoms with E-state index in [4.69, 9.17) is 0 Å². The van der Waals surface area contributed by atoms with E-state index in [1.807, 2.05) is 4.68 Å². The molecule has 3 atom stereocenters. The Morgan fingerprint density at radius 1 is 1.39 bits per heavy atom. The van der Waals surface area contributed by atoms with Crippen molar-refractivity contribution < 1.29 is 5.11 Å². The lowest BCUT2D eigenvalue weighted by molar-refractivity contribution is 0.136. The van der Waals surface area contributed by atoms with Gasteiger partial charge in [-0.05, 0) is 37.0 Å². The second-order valence-corrected chi connectivity index (χ2v) is 5.86. The first kappa shape index (κ1) is 12.2. The molecule has 2 aliphatic carbocycles. The standard InChI is InChI=1S/C14H23N3O/c1-2-7-17-13(15-9-16-17)8-12(18)14-10-5-3-4-6-11(10)14/h9-12,14,18H,2-8H2,1H3. The minimum absolute atomic E-state index is 0.210. The van der Waals surface area contributed by atoms with Gasteiger partial charge in [0.2, 0.25) is 0 Å². The van der Waals surface area contributed by atoms with E-state index in [9.17, 15) is 5.11 Å². The van der Waals surface area contributed by atoms with Crippen molar-refractivity contribution in [3.63, 3.8) is 0 Å². The van der Waals surface area contributed by atoms with Crippen LogP contribution in [-0.2, 0) is 13.0 Å². The van der Waals surface area contributed by atoms with Crippen LogP contribution in [0.25, 0.3) is 0 Å². The van der Waals surface area contributed by atoms with Gasteiger partial charge in [-0.25, -0.2) is 4.98 Å². The van der Waals surface area contributed by atoms with Crippen molar-refractivity contribution in [2.45, 2.75) is 58.1 Å². The third-order valence-electron chi connectivity index (χ3n) is 4.69. The summed E-state index contributed by atoms with van der Waals surface area (Å²) in [4.78, 5) is 4.29. The highest BCUT2D eigenvalue weighted by molar-refractivity contribution is 5.04. The summed E-state index contributed by atoms with van der Waals surface area (Å²) in [6.07, 6.45) is 8.50. The van der Waals surface area contributed by atoms with Gasteiger partial charge in [-0.15, -0.1) is 0 Å². The summed E-state index contributed by atoms with van der Waals surface area (Å²) in [5, 5.41) is 14.6. The molecule has 1 N–H and O–H groups in total. The molecule has 2 aliphatic rings. The normalized spacial score (nSPS) is 32.0. The van der Waals surface area contributed by atoms with Gasteiger partial charge in [0, 0.05) is 13.0 Å². The van der Waals surface area contributed by atoms with Crippen LogP contribution >= 0.6 is 0 Å². The highest BCUT2D eigenvalue weighted by atomic mass is 16.3. The highest BCUT2D eigenvalue weighted by Gasteiger charge is 2.53. The van der Waals surface area contributed by atoms with Gasteiger partial charge in [0.25, 0.3) is 0 Å². The predicted molar refractivity (Wildman–Crippen MR) is 69.0 cm³/mol. The third-order valence-corrected chi connectivity index (χ3v) is 4.69. The third kappa shape index (κ3) is 2.18. The van der Waals surface area contributed by atoms with E-state index in [0.717, 1.165) is 30.6 Å². The molecule has 3 unspecified atom stereocenters. The molecule has 3 rings (SSSR count). The Morgan fingerprint density at radius 2 is 2.11 bits per heavy atom. The van der Waals surface area contributed by atoms with E-state index < -0.39 is 0 Å². The summed E-state index contributed by atoms with van der Waals surface area (Å²) < 4.78 is 1.94. The van der Waals surface area contributed by atoms with E-state index in [1.165, 1.54) is 25.7 Å². The maximum absolute atomic E-state index is 10.4. The monoisotopic (exact) mass is 249 g/mol. The number of hydrogen-bond acceptors (Lipinski definition) is 3. The molecule has 1 aromatic rings. The molecule has 4 heteroatoms. The van der Waals surface area contributed by atoms with Crippen LogP contribution in [0.4, 0.5) is 0 Å². The van der Waals surface area contributed by atoms with Crippen molar-refractivity contribution in [1.29, 1.82) is 0 Å². The molecule has 1 aromatic heterocycles. The Bertz CT molecular complexity index is 391. The molecule has 0 saturated heterocycles. The molecule has 0 bridgehead atoms.